The third-order valence-corrected chi connectivity index (χ3v) is 1.79. The molecular weight excluding hydrogens is 144 g/mol. The maximum absolute atomic E-state index is 11.1. The fourth-order valence-electron chi connectivity index (χ4n) is 0.986. The summed E-state index contributed by atoms with van der Waals surface area (Å²) in [7, 11) is 1.63. The van der Waals surface area contributed by atoms with Crippen molar-refractivity contribution >= 4 is 11.8 Å². The Labute approximate surface area is 65.8 Å². The maximum Gasteiger partial charge on any atom is 0.312 e. The van der Waals surface area contributed by atoms with Crippen LogP contribution in [-0.2, 0) is 9.59 Å². The van der Waals surface area contributed by atoms with Crippen LogP contribution in [0, 0.1) is 6.92 Å². The Bertz CT molecular complexity index is 191. The zero-order valence-electron chi connectivity index (χ0n) is 6.54. The van der Waals surface area contributed by atoms with E-state index in [1.807, 2.05) is 0 Å². The topological polar surface area (TPSA) is 40.6 Å². The number of rotatable bonds is 1. The molecule has 2 amide bonds. The van der Waals surface area contributed by atoms with Crippen LogP contribution in [0.4, 0.5) is 0 Å². The molecule has 1 heterocycles. The van der Waals surface area contributed by atoms with Crippen LogP contribution in [-0.4, -0.2) is 48.3 Å². The molecule has 0 atom stereocenters. The summed E-state index contributed by atoms with van der Waals surface area (Å²) in [6, 6.07) is 0. The summed E-state index contributed by atoms with van der Waals surface area (Å²) in [6.45, 7) is 5.14. The molecule has 0 bridgehead atoms. The van der Waals surface area contributed by atoms with Crippen molar-refractivity contribution in [2.45, 2.75) is 0 Å². The first-order chi connectivity index (χ1) is 5.16. The molecular formula is C7H11N2O2. The van der Waals surface area contributed by atoms with Crippen molar-refractivity contribution in [3.8, 4) is 0 Å². The second-order valence-electron chi connectivity index (χ2n) is 2.52. The number of hydrogen-bond acceptors (Lipinski definition) is 2. The minimum Gasteiger partial charge on any atom is -0.336 e. The van der Waals surface area contributed by atoms with Crippen LogP contribution in [0.15, 0.2) is 0 Å². The van der Waals surface area contributed by atoms with E-state index in [-0.39, 0.29) is 0 Å². The Morgan fingerprint density at radius 3 is 2.55 bits per heavy atom. The van der Waals surface area contributed by atoms with Gasteiger partial charge in [0.1, 0.15) is 0 Å². The summed E-state index contributed by atoms with van der Waals surface area (Å²) >= 11 is 0. The molecule has 61 valence electrons. The summed E-state index contributed by atoms with van der Waals surface area (Å²) < 4.78 is 0. The van der Waals surface area contributed by atoms with Gasteiger partial charge in [0.2, 0.25) is 0 Å². The molecule has 0 aliphatic carbocycles. The van der Waals surface area contributed by atoms with E-state index in [4.69, 9.17) is 0 Å². The number of carbonyl (C=O) groups is 2. The number of amides is 2. The minimum atomic E-state index is -0.436. The Hall–Kier alpha value is -1.06. The standard InChI is InChI=1S/C7H11N2O2/c1-3-9-5-4-8(2)6(10)7(9)11/h1,3-5H2,2H3. The van der Waals surface area contributed by atoms with Gasteiger partial charge < -0.3 is 9.80 Å². The summed E-state index contributed by atoms with van der Waals surface area (Å²) in [5.74, 6) is -0.867. The predicted molar refractivity (Wildman–Crippen MR) is 39.6 cm³/mol. The molecule has 0 aromatic heterocycles. The van der Waals surface area contributed by atoms with Crippen molar-refractivity contribution in [3.05, 3.63) is 6.92 Å². The van der Waals surface area contributed by atoms with Gasteiger partial charge in [0.05, 0.1) is 0 Å². The van der Waals surface area contributed by atoms with E-state index in [0.29, 0.717) is 19.6 Å². The minimum absolute atomic E-state index is 0.373. The van der Waals surface area contributed by atoms with Crippen molar-refractivity contribution in [1.29, 1.82) is 0 Å². The number of hydrogen-bond donors (Lipinski definition) is 0. The van der Waals surface area contributed by atoms with Crippen LogP contribution in [0.2, 0.25) is 0 Å². The highest BCUT2D eigenvalue weighted by molar-refractivity contribution is 6.35. The van der Waals surface area contributed by atoms with Crippen molar-refractivity contribution in [3.63, 3.8) is 0 Å². The molecule has 0 aromatic rings. The number of likely N-dealkylation sites (N-methyl/N-ethyl adjacent to an activating group) is 1. The van der Waals surface area contributed by atoms with Gasteiger partial charge >= 0.3 is 11.8 Å². The average molecular weight is 155 g/mol. The Kier molecular flexibility index (Phi) is 2.12. The molecule has 4 heteroatoms. The molecule has 11 heavy (non-hydrogen) atoms. The van der Waals surface area contributed by atoms with Crippen LogP contribution in [0.3, 0.4) is 0 Å². The summed E-state index contributed by atoms with van der Waals surface area (Å²) in [5, 5.41) is 0. The molecule has 0 aromatic carbocycles. The van der Waals surface area contributed by atoms with Gasteiger partial charge in [-0.3, -0.25) is 9.59 Å². The van der Waals surface area contributed by atoms with Crippen molar-refractivity contribution in [2.24, 2.45) is 0 Å². The van der Waals surface area contributed by atoms with E-state index in [0.717, 1.165) is 0 Å². The maximum atomic E-state index is 11.1. The molecule has 1 rings (SSSR count). The van der Waals surface area contributed by atoms with E-state index in [1.54, 1.807) is 7.05 Å². The van der Waals surface area contributed by atoms with Crippen LogP contribution in [0.5, 0.6) is 0 Å². The number of piperazine rings is 1. The van der Waals surface area contributed by atoms with Crippen molar-refractivity contribution in [1.82, 2.24) is 9.80 Å². The monoisotopic (exact) mass is 155 g/mol. The predicted octanol–water partition coefficient (Wildman–Crippen LogP) is -0.879. The molecule has 1 radical (unpaired) electrons. The molecule has 1 fully saturated rings. The SMILES string of the molecule is [CH2]CN1CCN(C)C(=O)C1=O. The zero-order chi connectivity index (χ0) is 8.43. The van der Waals surface area contributed by atoms with Crippen LogP contribution in [0.25, 0.3) is 0 Å². The van der Waals surface area contributed by atoms with Gasteiger partial charge in [-0.2, -0.15) is 0 Å². The summed E-state index contributed by atoms with van der Waals surface area (Å²) in [5.41, 5.74) is 0. The fourth-order valence-corrected chi connectivity index (χ4v) is 0.986. The van der Waals surface area contributed by atoms with Crippen LogP contribution < -0.4 is 0 Å². The summed E-state index contributed by atoms with van der Waals surface area (Å²) in [4.78, 5) is 24.9. The Balaban J connectivity index is 2.67. The molecule has 0 spiro atoms. The third kappa shape index (κ3) is 1.34. The average Bonchev–Trinajstić information content (AvgIpc) is 2.01. The van der Waals surface area contributed by atoms with Gasteiger partial charge in [-0.25, -0.2) is 0 Å². The number of nitrogens with zero attached hydrogens (tertiary/aromatic N) is 2. The van der Waals surface area contributed by atoms with Crippen molar-refractivity contribution < 1.29 is 9.59 Å². The van der Waals surface area contributed by atoms with Gasteiger partial charge in [-0.15, -0.1) is 0 Å². The molecule has 0 unspecified atom stereocenters. The lowest BCUT2D eigenvalue weighted by atomic mass is 10.3. The van der Waals surface area contributed by atoms with Crippen molar-refractivity contribution in [2.75, 3.05) is 26.7 Å². The van der Waals surface area contributed by atoms with E-state index >= 15 is 0 Å². The van der Waals surface area contributed by atoms with Gasteiger partial charge in [0, 0.05) is 26.7 Å². The second kappa shape index (κ2) is 2.90. The summed E-state index contributed by atoms with van der Waals surface area (Å²) in [6.07, 6.45) is 0. The third-order valence-electron chi connectivity index (χ3n) is 1.79. The normalized spacial score (nSPS) is 19.5. The highest BCUT2D eigenvalue weighted by atomic mass is 16.2. The second-order valence-corrected chi connectivity index (χ2v) is 2.52. The lowest BCUT2D eigenvalue weighted by Crippen LogP contribution is -2.52. The molecule has 1 saturated heterocycles. The molecule has 1 aliphatic rings. The van der Waals surface area contributed by atoms with Crippen LogP contribution in [0.1, 0.15) is 0 Å². The lowest BCUT2D eigenvalue weighted by molar-refractivity contribution is -0.154. The zero-order valence-corrected chi connectivity index (χ0v) is 6.54. The van der Waals surface area contributed by atoms with E-state index in [2.05, 4.69) is 6.92 Å². The van der Waals surface area contributed by atoms with E-state index in [1.165, 1.54) is 9.80 Å². The van der Waals surface area contributed by atoms with Crippen LogP contribution >= 0.6 is 0 Å². The smallest absolute Gasteiger partial charge is 0.312 e. The molecule has 0 saturated carbocycles. The van der Waals surface area contributed by atoms with E-state index < -0.39 is 11.8 Å². The first kappa shape index (κ1) is 8.04. The highest BCUT2D eigenvalue weighted by Crippen LogP contribution is 2.01. The lowest BCUT2D eigenvalue weighted by Gasteiger charge is -2.30. The largest absolute Gasteiger partial charge is 0.336 e. The molecule has 0 N–H and O–H groups in total. The molecule has 4 nitrogen and oxygen atoms in total. The van der Waals surface area contributed by atoms with Gasteiger partial charge in [-0.05, 0) is 6.92 Å². The van der Waals surface area contributed by atoms with E-state index in [9.17, 15) is 9.59 Å². The first-order valence-electron chi connectivity index (χ1n) is 3.50. The molecule has 1 aliphatic heterocycles. The van der Waals surface area contributed by atoms with Gasteiger partial charge in [0.15, 0.2) is 0 Å². The fraction of sp³-hybridized carbons (Fsp3) is 0.571. The Morgan fingerprint density at radius 2 is 2.00 bits per heavy atom. The highest BCUT2D eigenvalue weighted by Gasteiger charge is 2.28. The first-order valence-corrected chi connectivity index (χ1v) is 3.50. The quantitative estimate of drug-likeness (QED) is 0.461. The van der Waals surface area contributed by atoms with Gasteiger partial charge in [-0.1, -0.05) is 0 Å². The number of carbonyl (C=O) groups excluding carboxylic acids is 2. The Morgan fingerprint density at radius 1 is 1.36 bits per heavy atom. The van der Waals surface area contributed by atoms with Gasteiger partial charge in [0.25, 0.3) is 0 Å².